The highest BCUT2D eigenvalue weighted by molar-refractivity contribution is 5.88. The van der Waals surface area contributed by atoms with Gasteiger partial charge in [-0.05, 0) is 44.9 Å². The Kier molecular flexibility index (Phi) is 7.35. The number of amides is 1. The molecular formula is C30H36F2N2O3. The molecule has 2 saturated carbocycles. The molecule has 0 radical (unpaired) electrons. The van der Waals surface area contributed by atoms with E-state index in [4.69, 9.17) is 4.74 Å². The molecule has 1 N–H and O–H groups in total. The maximum absolute atomic E-state index is 14.7. The molecule has 0 bridgehead atoms. The minimum Gasteiger partial charge on any atom is -0.460 e. The van der Waals surface area contributed by atoms with Crippen LogP contribution in [0, 0.1) is 11.6 Å². The fourth-order valence-electron chi connectivity index (χ4n) is 6.85. The fourth-order valence-corrected chi connectivity index (χ4v) is 6.85. The van der Waals surface area contributed by atoms with E-state index in [1.165, 1.54) is 12.1 Å². The molecular weight excluding hydrogens is 474 g/mol. The van der Waals surface area contributed by atoms with Crippen LogP contribution in [-0.4, -0.2) is 49.1 Å². The quantitative estimate of drug-likeness (QED) is 0.532. The first kappa shape index (κ1) is 25.8. The third kappa shape index (κ3) is 4.78. The van der Waals surface area contributed by atoms with E-state index in [1.807, 2.05) is 7.05 Å². The number of hydrogen-bond acceptors (Lipinski definition) is 4. The van der Waals surface area contributed by atoms with Crippen molar-refractivity contribution in [3.63, 3.8) is 0 Å². The Hall–Kier alpha value is -2.80. The molecule has 5 rings (SSSR count). The number of benzene rings is 2. The number of likely N-dealkylation sites (tertiary alicyclic amines) is 1. The minimum absolute atomic E-state index is 0.00573. The van der Waals surface area contributed by atoms with Crippen molar-refractivity contribution < 1.29 is 23.1 Å². The molecule has 2 aliphatic carbocycles. The Balaban J connectivity index is 1.23. The number of rotatable bonds is 7. The lowest BCUT2D eigenvalue weighted by Gasteiger charge is -2.30. The number of ether oxygens (including phenoxy) is 1. The van der Waals surface area contributed by atoms with E-state index in [0.29, 0.717) is 56.3 Å². The number of halogens is 2. The van der Waals surface area contributed by atoms with Crippen molar-refractivity contribution in [2.75, 3.05) is 20.1 Å². The zero-order chi connectivity index (χ0) is 26.0. The van der Waals surface area contributed by atoms with Gasteiger partial charge in [0, 0.05) is 36.7 Å². The van der Waals surface area contributed by atoms with Crippen molar-refractivity contribution in [1.29, 1.82) is 0 Å². The number of likely N-dealkylation sites (N-methyl/N-ethyl adjacent to an activating group) is 1. The van der Waals surface area contributed by atoms with Crippen molar-refractivity contribution in [1.82, 2.24) is 10.2 Å². The van der Waals surface area contributed by atoms with Gasteiger partial charge in [-0.25, -0.2) is 8.78 Å². The summed E-state index contributed by atoms with van der Waals surface area (Å²) >= 11 is 0. The van der Waals surface area contributed by atoms with Gasteiger partial charge in [0.2, 0.25) is 5.91 Å². The van der Waals surface area contributed by atoms with Gasteiger partial charge in [0.1, 0.15) is 17.7 Å². The van der Waals surface area contributed by atoms with Gasteiger partial charge < -0.3 is 10.1 Å². The highest BCUT2D eigenvalue weighted by atomic mass is 19.1. The van der Waals surface area contributed by atoms with E-state index >= 15 is 0 Å². The van der Waals surface area contributed by atoms with Crippen LogP contribution in [0.25, 0.3) is 0 Å². The van der Waals surface area contributed by atoms with Gasteiger partial charge in [0.15, 0.2) is 0 Å². The minimum atomic E-state index is -0.926. The third-order valence-corrected chi connectivity index (χ3v) is 8.94. The molecule has 3 aliphatic rings. The van der Waals surface area contributed by atoms with Crippen molar-refractivity contribution in [2.24, 2.45) is 0 Å². The zero-order valence-corrected chi connectivity index (χ0v) is 21.5. The van der Waals surface area contributed by atoms with Gasteiger partial charge in [-0.1, -0.05) is 62.1 Å². The van der Waals surface area contributed by atoms with E-state index in [2.05, 4.69) is 10.2 Å². The molecule has 7 heteroatoms. The first-order valence-corrected chi connectivity index (χ1v) is 13.6. The number of nitrogens with one attached hydrogen (secondary N) is 1. The molecule has 1 amide bonds. The standard InChI is InChI=1S/C30H36F2N2O3/c1-34-20-22(37-28(36)30(16-8-9-17-30)24-11-3-5-13-26(24)32)18-21(34)19-33-27(35)29(14-6-7-15-29)23-10-2-4-12-25(23)31/h2-5,10-13,21-22H,6-9,14-20H2,1H3,(H,33,35)/t21-,22+/m0/s1. The number of hydrogen-bond donors (Lipinski definition) is 1. The number of nitrogens with zero attached hydrogens (tertiary/aromatic N) is 1. The molecule has 3 fully saturated rings. The molecule has 37 heavy (non-hydrogen) atoms. The SMILES string of the molecule is CN1C[C@H](OC(=O)C2(c3ccccc3F)CCCC2)C[C@H]1CNC(=O)C1(c2ccccc2F)CCCC1. The van der Waals surface area contributed by atoms with Gasteiger partial charge in [-0.2, -0.15) is 0 Å². The normalized spacial score (nSPS) is 24.7. The van der Waals surface area contributed by atoms with Crippen LogP contribution >= 0.6 is 0 Å². The lowest BCUT2D eigenvalue weighted by atomic mass is 9.77. The lowest BCUT2D eigenvalue weighted by molar-refractivity contribution is -0.155. The van der Waals surface area contributed by atoms with Crippen LogP contribution in [-0.2, 0) is 25.2 Å². The second-order valence-electron chi connectivity index (χ2n) is 11.1. The average Bonchev–Trinajstić information content (AvgIpc) is 3.64. The number of carbonyl (C=O) groups excluding carboxylic acids is 2. The molecule has 2 aromatic carbocycles. The number of esters is 1. The summed E-state index contributed by atoms with van der Waals surface area (Å²) in [5, 5.41) is 3.10. The van der Waals surface area contributed by atoms with Crippen molar-refractivity contribution in [3.05, 3.63) is 71.3 Å². The Morgan fingerprint density at radius 2 is 1.41 bits per heavy atom. The average molecular weight is 511 g/mol. The molecule has 0 unspecified atom stereocenters. The van der Waals surface area contributed by atoms with E-state index in [9.17, 15) is 18.4 Å². The Bertz CT molecular complexity index is 1140. The first-order chi connectivity index (χ1) is 17.9. The lowest BCUT2D eigenvalue weighted by Crippen LogP contribution is -2.47. The zero-order valence-electron chi connectivity index (χ0n) is 21.5. The van der Waals surface area contributed by atoms with Gasteiger partial charge in [-0.3, -0.25) is 14.5 Å². The predicted octanol–water partition coefficient (Wildman–Crippen LogP) is 5.02. The van der Waals surface area contributed by atoms with Gasteiger partial charge in [0.25, 0.3) is 0 Å². The molecule has 0 spiro atoms. The van der Waals surface area contributed by atoms with E-state index < -0.39 is 10.8 Å². The van der Waals surface area contributed by atoms with Crippen molar-refractivity contribution in [2.45, 2.75) is 80.8 Å². The van der Waals surface area contributed by atoms with Crippen LogP contribution < -0.4 is 5.32 Å². The molecule has 198 valence electrons. The van der Waals surface area contributed by atoms with Crippen LogP contribution in [0.5, 0.6) is 0 Å². The highest BCUT2D eigenvalue weighted by Gasteiger charge is 2.48. The maximum Gasteiger partial charge on any atom is 0.316 e. The summed E-state index contributed by atoms with van der Waals surface area (Å²) < 4.78 is 35.4. The summed E-state index contributed by atoms with van der Waals surface area (Å²) in [5.41, 5.74) is -0.845. The topological polar surface area (TPSA) is 58.6 Å². The summed E-state index contributed by atoms with van der Waals surface area (Å²) in [7, 11) is 1.95. The van der Waals surface area contributed by atoms with Gasteiger partial charge >= 0.3 is 5.97 Å². The van der Waals surface area contributed by atoms with Crippen LogP contribution in [0.4, 0.5) is 8.78 Å². The fraction of sp³-hybridized carbons (Fsp3) is 0.533. The molecule has 0 aromatic heterocycles. The molecule has 1 aliphatic heterocycles. The molecule has 1 heterocycles. The summed E-state index contributed by atoms with van der Waals surface area (Å²) in [6.07, 6.45) is 6.24. The second-order valence-corrected chi connectivity index (χ2v) is 11.1. The highest BCUT2D eigenvalue weighted by Crippen LogP contribution is 2.44. The van der Waals surface area contributed by atoms with E-state index in [-0.39, 0.29) is 35.7 Å². The smallest absolute Gasteiger partial charge is 0.316 e. The van der Waals surface area contributed by atoms with Crippen LogP contribution in [0.2, 0.25) is 0 Å². The summed E-state index contributed by atoms with van der Waals surface area (Å²) in [4.78, 5) is 29.0. The predicted molar refractivity (Wildman–Crippen MR) is 137 cm³/mol. The molecule has 1 saturated heterocycles. The molecule has 5 nitrogen and oxygen atoms in total. The summed E-state index contributed by atoms with van der Waals surface area (Å²) in [6.45, 7) is 0.954. The first-order valence-electron chi connectivity index (χ1n) is 13.6. The maximum atomic E-state index is 14.7. The summed E-state index contributed by atoms with van der Waals surface area (Å²) in [5.74, 6) is -1.17. The van der Waals surface area contributed by atoms with Gasteiger partial charge in [-0.15, -0.1) is 0 Å². The van der Waals surface area contributed by atoms with Crippen LogP contribution in [0.3, 0.4) is 0 Å². The Labute approximate surface area is 217 Å². The van der Waals surface area contributed by atoms with Crippen molar-refractivity contribution in [3.8, 4) is 0 Å². The Morgan fingerprint density at radius 3 is 1.97 bits per heavy atom. The number of carbonyl (C=O) groups is 2. The Morgan fingerprint density at radius 1 is 0.892 bits per heavy atom. The monoisotopic (exact) mass is 510 g/mol. The largest absolute Gasteiger partial charge is 0.460 e. The summed E-state index contributed by atoms with van der Waals surface area (Å²) in [6, 6.07) is 13.1. The third-order valence-electron chi connectivity index (χ3n) is 8.94. The van der Waals surface area contributed by atoms with Crippen LogP contribution in [0.15, 0.2) is 48.5 Å². The molecule has 2 aromatic rings. The second kappa shape index (κ2) is 10.5. The van der Waals surface area contributed by atoms with Crippen LogP contribution in [0.1, 0.15) is 68.9 Å². The van der Waals surface area contributed by atoms with Gasteiger partial charge in [0.05, 0.1) is 10.8 Å². The van der Waals surface area contributed by atoms with Crippen molar-refractivity contribution >= 4 is 11.9 Å². The van der Waals surface area contributed by atoms with E-state index in [0.717, 1.165) is 25.7 Å². The van der Waals surface area contributed by atoms with E-state index in [1.54, 1.807) is 36.4 Å². The molecule has 2 atom stereocenters.